The van der Waals surface area contributed by atoms with Crippen molar-refractivity contribution in [2.24, 2.45) is 4.99 Å². The van der Waals surface area contributed by atoms with Gasteiger partial charge in [-0.2, -0.15) is 0 Å². The van der Waals surface area contributed by atoms with Crippen LogP contribution in [-0.2, 0) is 17.6 Å². The summed E-state index contributed by atoms with van der Waals surface area (Å²) in [7, 11) is 0. The molecule has 2 aromatic carbocycles. The first kappa shape index (κ1) is 23.8. The Morgan fingerprint density at radius 1 is 1.14 bits per heavy atom. The van der Waals surface area contributed by atoms with Gasteiger partial charge in [0.25, 0.3) is 5.91 Å². The van der Waals surface area contributed by atoms with Crippen LogP contribution in [0.2, 0.25) is 0 Å². The molecule has 4 aromatic rings. The molecule has 1 aliphatic carbocycles. The van der Waals surface area contributed by atoms with Gasteiger partial charge in [0.2, 0.25) is 5.55 Å². The predicted octanol–water partition coefficient (Wildman–Crippen LogP) is 6.05. The quantitative estimate of drug-likeness (QED) is 0.324. The minimum atomic E-state index is -0.417. The lowest BCUT2D eigenvalue weighted by Gasteiger charge is -2.11. The zero-order valence-corrected chi connectivity index (χ0v) is 20.9. The number of aromatic hydroxyl groups is 1. The summed E-state index contributed by atoms with van der Waals surface area (Å²) in [6, 6.07) is 13.9. The molecule has 1 amide bonds. The van der Waals surface area contributed by atoms with Crippen LogP contribution in [0.3, 0.4) is 0 Å². The van der Waals surface area contributed by atoms with E-state index in [9.17, 15) is 14.7 Å². The smallest absolute Gasteiger partial charge is 0.341 e. The van der Waals surface area contributed by atoms with Crippen LogP contribution in [0.5, 0.6) is 5.75 Å². The Bertz CT molecular complexity index is 1550. The number of carbonyl (C=O) groups is 2. The number of phenolic OH excluding ortho intramolecular Hbond substituents is 1. The van der Waals surface area contributed by atoms with Crippen molar-refractivity contribution in [2.75, 3.05) is 11.9 Å². The monoisotopic (exact) mass is 502 g/mol. The molecule has 0 fully saturated rings. The summed E-state index contributed by atoms with van der Waals surface area (Å²) in [5, 5.41) is 14.0. The third kappa shape index (κ3) is 4.77. The molecule has 5 rings (SSSR count). The Kier molecular flexibility index (Phi) is 6.61. The molecule has 0 unspecified atom stereocenters. The SMILES string of the molecule is CCOC(=O)c1c(/N=c2\oc3cc(O)ccc3cc2C(=O)Nc2cccc(C)c2)sc2c1CCCC2. The minimum Gasteiger partial charge on any atom is -0.508 e. The summed E-state index contributed by atoms with van der Waals surface area (Å²) in [5.41, 5.74) is 3.74. The number of amides is 1. The Morgan fingerprint density at radius 2 is 1.97 bits per heavy atom. The second-order valence-electron chi connectivity index (χ2n) is 8.73. The van der Waals surface area contributed by atoms with E-state index in [1.807, 2.05) is 31.2 Å². The Balaban J connectivity index is 1.69. The van der Waals surface area contributed by atoms with E-state index in [1.54, 1.807) is 19.1 Å². The van der Waals surface area contributed by atoms with E-state index in [4.69, 9.17) is 14.1 Å². The van der Waals surface area contributed by atoms with Gasteiger partial charge < -0.3 is 19.6 Å². The third-order valence-corrected chi connectivity index (χ3v) is 7.28. The number of hydrogen-bond acceptors (Lipinski definition) is 7. The van der Waals surface area contributed by atoms with Gasteiger partial charge in [-0.25, -0.2) is 9.79 Å². The number of anilines is 1. The highest BCUT2D eigenvalue weighted by atomic mass is 32.1. The minimum absolute atomic E-state index is 0.0352. The van der Waals surface area contributed by atoms with E-state index < -0.39 is 11.9 Å². The van der Waals surface area contributed by atoms with Crippen molar-refractivity contribution in [1.29, 1.82) is 0 Å². The lowest BCUT2D eigenvalue weighted by atomic mass is 9.95. The molecule has 1 aliphatic rings. The number of thiophene rings is 1. The van der Waals surface area contributed by atoms with Crippen LogP contribution in [0.1, 0.15) is 56.5 Å². The average molecular weight is 503 g/mol. The van der Waals surface area contributed by atoms with Crippen molar-refractivity contribution in [2.45, 2.75) is 39.5 Å². The highest BCUT2D eigenvalue weighted by molar-refractivity contribution is 7.16. The van der Waals surface area contributed by atoms with Crippen LogP contribution in [0.15, 0.2) is 57.9 Å². The second-order valence-corrected chi connectivity index (χ2v) is 9.82. The van der Waals surface area contributed by atoms with Gasteiger partial charge in [-0.05, 0) is 81.0 Å². The van der Waals surface area contributed by atoms with Crippen LogP contribution in [0.4, 0.5) is 10.7 Å². The van der Waals surface area contributed by atoms with E-state index in [1.165, 1.54) is 23.5 Å². The molecule has 184 valence electrons. The van der Waals surface area contributed by atoms with Gasteiger partial charge in [0.1, 0.15) is 21.9 Å². The van der Waals surface area contributed by atoms with Gasteiger partial charge in [0.05, 0.1) is 12.2 Å². The van der Waals surface area contributed by atoms with Crippen molar-refractivity contribution >= 4 is 44.9 Å². The summed E-state index contributed by atoms with van der Waals surface area (Å²) in [4.78, 5) is 32.1. The van der Waals surface area contributed by atoms with Crippen molar-refractivity contribution in [3.05, 3.63) is 81.2 Å². The highest BCUT2D eigenvalue weighted by Crippen LogP contribution is 2.40. The van der Waals surface area contributed by atoms with Gasteiger partial charge in [0.15, 0.2) is 0 Å². The van der Waals surface area contributed by atoms with E-state index in [0.717, 1.165) is 41.7 Å². The predicted molar refractivity (Wildman–Crippen MR) is 139 cm³/mol. The third-order valence-electron chi connectivity index (χ3n) is 6.09. The molecule has 0 saturated heterocycles. The van der Waals surface area contributed by atoms with E-state index in [-0.39, 0.29) is 23.5 Å². The number of carbonyl (C=O) groups excluding carboxylic acids is 2. The van der Waals surface area contributed by atoms with E-state index >= 15 is 0 Å². The number of fused-ring (bicyclic) bond motifs is 2. The van der Waals surface area contributed by atoms with Crippen molar-refractivity contribution in [3.63, 3.8) is 0 Å². The maximum Gasteiger partial charge on any atom is 0.341 e. The molecule has 2 aromatic heterocycles. The number of nitrogens with zero attached hydrogens (tertiary/aromatic N) is 1. The molecule has 0 atom stereocenters. The van der Waals surface area contributed by atoms with Crippen molar-refractivity contribution in [3.8, 4) is 5.75 Å². The van der Waals surface area contributed by atoms with Crippen LogP contribution in [-0.4, -0.2) is 23.6 Å². The van der Waals surface area contributed by atoms with E-state index in [0.29, 0.717) is 27.2 Å². The maximum atomic E-state index is 13.4. The molecule has 36 heavy (non-hydrogen) atoms. The number of hydrogen-bond donors (Lipinski definition) is 2. The van der Waals surface area contributed by atoms with Crippen molar-refractivity contribution in [1.82, 2.24) is 0 Å². The molecule has 2 heterocycles. The number of phenols is 1. The fourth-order valence-electron chi connectivity index (χ4n) is 4.41. The largest absolute Gasteiger partial charge is 0.508 e. The average Bonchev–Trinajstić information content (AvgIpc) is 3.21. The van der Waals surface area contributed by atoms with Gasteiger partial charge in [-0.1, -0.05) is 12.1 Å². The molecule has 2 N–H and O–H groups in total. The lowest BCUT2D eigenvalue weighted by molar-refractivity contribution is 0.0526. The number of benzene rings is 2. The number of nitrogens with one attached hydrogen (secondary N) is 1. The number of aryl methyl sites for hydroxylation is 2. The molecule has 0 radical (unpaired) electrons. The fraction of sp³-hybridized carbons (Fsp3) is 0.250. The first-order valence-corrected chi connectivity index (χ1v) is 12.8. The molecule has 0 bridgehead atoms. The first-order chi connectivity index (χ1) is 17.4. The van der Waals surface area contributed by atoms with Crippen LogP contribution in [0.25, 0.3) is 11.0 Å². The summed E-state index contributed by atoms with van der Waals surface area (Å²) in [6.45, 7) is 3.98. The van der Waals surface area contributed by atoms with Crippen LogP contribution >= 0.6 is 11.3 Å². The van der Waals surface area contributed by atoms with Crippen LogP contribution < -0.4 is 10.9 Å². The number of ether oxygens (including phenoxy) is 1. The van der Waals surface area contributed by atoms with Gasteiger partial charge in [-0.15, -0.1) is 11.3 Å². The molecular weight excluding hydrogens is 476 g/mol. The first-order valence-electron chi connectivity index (χ1n) is 11.9. The van der Waals surface area contributed by atoms with Gasteiger partial charge in [0, 0.05) is 22.0 Å². The second kappa shape index (κ2) is 9.99. The maximum absolute atomic E-state index is 13.4. The van der Waals surface area contributed by atoms with Crippen molar-refractivity contribution < 1.29 is 23.8 Å². The zero-order valence-electron chi connectivity index (χ0n) is 20.1. The van der Waals surface area contributed by atoms with E-state index in [2.05, 4.69) is 5.32 Å². The molecule has 0 saturated carbocycles. The molecule has 0 aliphatic heterocycles. The van der Waals surface area contributed by atoms with Crippen LogP contribution in [0, 0.1) is 6.92 Å². The highest BCUT2D eigenvalue weighted by Gasteiger charge is 2.27. The lowest BCUT2D eigenvalue weighted by Crippen LogP contribution is -2.21. The molecular formula is C28H26N2O5S. The topological polar surface area (TPSA) is 101 Å². The summed E-state index contributed by atoms with van der Waals surface area (Å²) in [6.07, 6.45) is 3.72. The van der Waals surface area contributed by atoms with Gasteiger partial charge in [-0.3, -0.25) is 4.79 Å². The Morgan fingerprint density at radius 3 is 2.78 bits per heavy atom. The molecule has 0 spiro atoms. The fourth-order valence-corrected chi connectivity index (χ4v) is 5.65. The standard InChI is InChI=1S/C28H26N2O5S/c1-3-34-28(33)24-20-9-4-5-10-23(20)36-27(24)30-26-21(14-17-11-12-19(31)15-22(17)35-26)25(32)29-18-8-6-7-16(2)13-18/h6-8,11-15,31H,3-5,9-10H2,1-2H3,(H,29,32)/b30-26-. The normalized spacial score (nSPS) is 13.4. The summed E-state index contributed by atoms with van der Waals surface area (Å²) >= 11 is 1.44. The molecule has 7 nitrogen and oxygen atoms in total. The van der Waals surface area contributed by atoms with Gasteiger partial charge >= 0.3 is 5.97 Å². The summed E-state index contributed by atoms with van der Waals surface area (Å²) < 4.78 is 11.4. The number of rotatable bonds is 5. The zero-order chi connectivity index (χ0) is 25.2. The summed E-state index contributed by atoms with van der Waals surface area (Å²) in [5.74, 6) is -0.773. The Labute approximate surface area is 212 Å². The number of esters is 1. The Hall–Kier alpha value is -3.91. The molecule has 8 heteroatoms.